The summed E-state index contributed by atoms with van der Waals surface area (Å²) in [6.45, 7) is 5.08. The molecule has 4 nitrogen and oxygen atoms in total. The van der Waals surface area contributed by atoms with Crippen molar-refractivity contribution in [1.29, 1.82) is 0 Å². The average molecular weight is 394 g/mol. The smallest absolute Gasteiger partial charge is 0.227 e. The maximum absolute atomic E-state index is 12.7. The number of ether oxygens (including phenoxy) is 1. The third-order valence-corrected chi connectivity index (χ3v) is 5.29. The van der Waals surface area contributed by atoms with Gasteiger partial charge in [-0.1, -0.05) is 29.3 Å². The number of rotatable bonds is 4. The van der Waals surface area contributed by atoms with Gasteiger partial charge in [0.05, 0.1) is 35.7 Å². The molecule has 0 saturated carbocycles. The molecule has 2 heterocycles. The standard InChI is InChI=1S/C17H22Cl2N2O2.ClH/c18-15-4-3-13(9-16(15)19)10-17(22)21-7-8-23-12-14(21)11-20-5-1-2-6-20;/h3-4,9,14H,1-2,5-8,10-12H2;1H. The van der Waals surface area contributed by atoms with E-state index in [0.717, 1.165) is 25.2 Å². The van der Waals surface area contributed by atoms with Crippen LogP contribution in [-0.4, -0.2) is 61.1 Å². The molecule has 24 heavy (non-hydrogen) atoms. The van der Waals surface area contributed by atoms with Crippen LogP contribution in [0.5, 0.6) is 0 Å². The Bertz CT molecular complexity index is 565. The van der Waals surface area contributed by atoms with Crippen LogP contribution in [0.2, 0.25) is 10.0 Å². The van der Waals surface area contributed by atoms with Crippen LogP contribution in [0.3, 0.4) is 0 Å². The van der Waals surface area contributed by atoms with E-state index in [1.165, 1.54) is 12.8 Å². The van der Waals surface area contributed by atoms with E-state index >= 15 is 0 Å². The Hall–Kier alpha value is -0.520. The molecule has 2 aliphatic rings. The van der Waals surface area contributed by atoms with Gasteiger partial charge in [-0.15, -0.1) is 12.4 Å². The number of carbonyl (C=O) groups is 1. The van der Waals surface area contributed by atoms with Crippen LogP contribution in [0.4, 0.5) is 0 Å². The van der Waals surface area contributed by atoms with Crippen molar-refractivity contribution in [3.8, 4) is 0 Å². The van der Waals surface area contributed by atoms with Gasteiger partial charge >= 0.3 is 0 Å². The van der Waals surface area contributed by atoms with Gasteiger partial charge in [0.25, 0.3) is 0 Å². The van der Waals surface area contributed by atoms with Crippen molar-refractivity contribution in [2.75, 3.05) is 39.4 Å². The number of nitrogens with zero attached hydrogens (tertiary/aromatic N) is 2. The van der Waals surface area contributed by atoms with E-state index in [1.54, 1.807) is 12.1 Å². The van der Waals surface area contributed by atoms with Crippen molar-refractivity contribution >= 4 is 41.5 Å². The normalized spacial score (nSPS) is 21.6. The number of hydrogen-bond donors (Lipinski definition) is 0. The predicted molar refractivity (Wildman–Crippen MR) is 99.4 cm³/mol. The van der Waals surface area contributed by atoms with Crippen molar-refractivity contribution in [2.24, 2.45) is 0 Å². The summed E-state index contributed by atoms with van der Waals surface area (Å²) in [4.78, 5) is 17.1. The molecule has 0 N–H and O–H groups in total. The van der Waals surface area contributed by atoms with E-state index in [9.17, 15) is 4.79 Å². The first-order valence-corrected chi connectivity index (χ1v) is 8.92. The monoisotopic (exact) mass is 392 g/mol. The molecule has 2 fully saturated rings. The number of likely N-dealkylation sites (tertiary alicyclic amines) is 1. The maximum atomic E-state index is 12.7. The predicted octanol–water partition coefficient (Wildman–Crippen LogP) is 3.28. The fourth-order valence-electron chi connectivity index (χ4n) is 3.32. The summed E-state index contributed by atoms with van der Waals surface area (Å²) in [5.74, 6) is 0.135. The van der Waals surface area contributed by atoms with Crippen molar-refractivity contribution in [3.05, 3.63) is 33.8 Å². The van der Waals surface area contributed by atoms with E-state index in [0.29, 0.717) is 36.2 Å². The molecular weight excluding hydrogens is 371 g/mol. The average Bonchev–Trinajstić information content (AvgIpc) is 3.04. The van der Waals surface area contributed by atoms with E-state index in [1.807, 2.05) is 11.0 Å². The second-order valence-corrected chi connectivity index (χ2v) is 7.06. The van der Waals surface area contributed by atoms with E-state index < -0.39 is 0 Å². The molecule has 0 aromatic heterocycles. The molecule has 1 aromatic rings. The number of benzene rings is 1. The summed E-state index contributed by atoms with van der Waals surface area (Å²) in [6.07, 6.45) is 2.86. The lowest BCUT2D eigenvalue weighted by Crippen LogP contribution is -2.53. The van der Waals surface area contributed by atoms with Gasteiger partial charge in [0.2, 0.25) is 5.91 Å². The summed E-state index contributed by atoms with van der Waals surface area (Å²) in [5.41, 5.74) is 0.899. The lowest BCUT2D eigenvalue weighted by molar-refractivity contribution is -0.139. The molecule has 2 aliphatic heterocycles. The van der Waals surface area contributed by atoms with Crippen LogP contribution < -0.4 is 0 Å². The molecule has 0 spiro atoms. The SMILES string of the molecule is Cl.O=C(Cc1ccc(Cl)c(Cl)c1)N1CCOCC1CN1CCCC1. The summed E-state index contributed by atoms with van der Waals surface area (Å²) < 4.78 is 5.60. The highest BCUT2D eigenvalue weighted by Gasteiger charge is 2.29. The first-order valence-electron chi connectivity index (χ1n) is 8.17. The molecule has 7 heteroatoms. The van der Waals surface area contributed by atoms with Crippen molar-refractivity contribution in [2.45, 2.75) is 25.3 Å². The fraction of sp³-hybridized carbons (Fsp3) is 0.588. The Morgan fingerprint density at radius 2 is 1.92 bits per heavy atom. The minimum atomic E-state index is 0. The van der Waals surface area contributed by atoms with Crippen LogP contribution in [-0.2, 0) is 16.0 Å². The number of halogens is 3. The van der Waals surface area contributed by atoms with Crippen molar-refractivity contribution in [1.82, 2.24) is 9.80 Å². The second-order valence-electron chi connectivity index (χ2n) is 6.25. The highest BCUT2D eigenvalue weighted by Crippen LogP contribution is 2.23. The molecule has 1 aromatic carbocycles. The van der Waals surface area contributed by atoms with Gasteiger partial charge in [0, 0.05) is 13.1 Å². The third-order valence-electron chi connectivity index (χ3n) is 4.55. The largest absolute Gasteiger partial charge is 0.377 e. The first-order chi connectivity index (χ1) is 11.1. The van der Waals surface area contributed by atoms with Crippen LogP contribution >= 0.6 is 35.6 Å². The van der Waals surface area contributed by atoms with Gasteiger partial charge in [0.1, 0.15) is 0 Å². The Morgan fingerprint density at radius 3 is 2.62 bits per heavy atom. The Balaban J connectivity index is 0.00000208. The van der Waals surface area contributed by atoms with Gasteiger partial charge < -0.3 is 14.5 Å². The van der Waals surface area contributed by atoms with E-state index in [4.69, 9.17) is 27.9 Å². The van der Waals surface area contributed by atoms with Gasteiger partial charge in [-0.3, -0.25) is 4.79 Å². The van der Waals surface area contributed by atoms with Crippen LogP contribution in [0.25, 0.3) is 0 Å². The van der Waals surface area contributed by atoms with Crippen molar-refractivity contribution in [3.63, 3.8) is 0 Å². The minimum Gasteiger partial charge on any atom is -0.377 e. The zero-order valence-electron chi connectivity index (χ0n) is 13.5. The fourth-order valence-corrected chi connectivity index (χ4v) is 3.64. The molecule has 134 valence electrons. The molecule has 1 atom stereocenters. The molecule has 0 bridgehead atoms. The Morgan fingerprint density at radius 1 is 1.17 bits per heavy atom. The number of hydrogen-bond acceptors (Lipinski definition) is 3. The summed E-state index contributed by atoms with van der Waals surface area (Å²) in [6, 6.07) is 5.53. The number of morpholine rings is 1. The highest BCUT2D eigenvalue weighted by atomic mass is 35.5. The zero-order valence-corrected chi connectivity index (χ0v) is 15.9. The Labute approximate surface area is 159 Å². The van der Waals surface area contributed by atoms with E-state index in [2.05, 4.69) is 4.90 Å². The van der Waals surface area contributed by atoms with Gasteiger partial charge in [-0.05, 0) is 43.6 Å². The molecular formula is C17H23Cl3N2O2. The Kier molecular flexibility index (Phi) is 7.63. The highest BCUT2D eigenvalue weighted by molar-refractivity contribution is 6.42. The van der Waals surface area contributed by atoms with Crippen molar-refractivity contribution < 1.29 is 9.53 Å². The molecule has 0 radical (unpaired) electrons. The van der Waals surface area contributed by atoms with Crippen LogP contribution in [0, 0.1) is 0 Å². The lowest BCUT2D eigenvalue weighted by Gasteiger charge is -2.37. The summed E-state index contributed by atoms with van der Waals surface area (Å²) in [5, 5.41) is 1.01. The molecule has 2 saturated heterocycles. The number of amides is 1. The number of carbonyl (C=O) groups excluding carboxylic acids is 1. The second kappa shape index (κ2) is 9.25. The summed E-state index contributed by atoms with van der Waals surface area (Å²) in [7, 11) is 0. The van der Waals surface area contributed by atoms with E-state index in [-0.39, 0.29) is 24.4 Å². The molecule has 0 aliphatic carbocycles. The molecule has 1 unspecified atom stereocenters. The van der Waals surface area contributed by atoms with Crippen LogP contribution in [0.15, 0.2) is 18.2 Å². The maximum Gasteiger partial charge on any atom is 0.227 e. The first kappa shape index (κ1) is 19.8. The zero-order chi connectivity index (χ0) is 16.2. The van der Waals surface area contributed by atoms with Gasteiger partial charge in [-0.25, -0.2) is 0 Å². The van der Waals surface area contributed by atoms with Crippen LogP contribution in [0.1, 0.15) is 18.4 Å². The quantitative estimate of drug-likeness (QED) is 0.787. The lowest BCUT2D eigenvalue weighted by atomic mass is 10.1. The molecule has 1 amide bonds. The summed E-state index contributed by atoms with van der Waals surface area (Å²) >= 11 is 12.0. The van der Waals surface area contributed by atoms with Gasteiger partial charge in [-0.2, -0.15) is 0 Å². The van der Waals surface area contributed by atoms with Gasteiger partial charge in [0.15, 0.2) is 0 Å². The minimum absolute atomic E-state index is 0. The topological polar surface area (TPSA) is 32.8 Å². The molecule has 3 rings (SSSR count). The third kappa shape index (κ3) is 4.99.